The van der Waals surface area contributed by atoms with E-state index >= 15 is 0 Å². The molecule has 4 aromatic rings. The minimum atomic E-state index is 1.02. The average molecular weight is 337 g/mol. The van der Waals surface area contributed by atoms with Crippen LogP contribution in [0.5, 0.6) is 0 Å². The highest BCUT2D eigenvalue weighted by molar-refractivity contribution is 5.97. The van der Waals surface area contributed by atoms with Crippen LogP contribution in [-0.4, -0.2) is 14.1 Å². The van der Waals surface area contributed by atoms with Crippen molar-refractivity contribution in [3.63, 3.8) is 0 Å². The lowest BCUT2D eigenvalue weighted by Crippen LogP contribution is -2.30. The molecule has 0 amide bonds. The molecule has 0 N–H and O–H groups in total. The number of nitrogens with zero attached hydrogens (tertiary/aromatic N) is 2. The zero-order valence-electron chi connectivity index (χ0n) is 15.3. The minimum Gasteiger partial charge on any atom is -0.378 e. The lowest BCUT2D eigenvalue weighted by Gasteiger charge is -2.11. The number of aromatic nitrogens is 1. The summed E-state index contributed by atoms with van der Waals surface area (Å²) in [5.41, 5.74) is 5.68. The highest BCUT2D eigenvalue weighted by Gasteiger charge is 2.15. The number of fused-ring (bicyclic) bond motifs is 2. The summed E-state index contributed by atoms with van der Waals surface area (Å²) in [6, 6.07) is 25.3. The molecule has 0 radical (unpaired) electrons. The molecule has 2 heteroatoms. The van der Waals surface area contributed by atoms with Gasteiger partial charge in [-0.2, -0.15) is 4.57 Å². The molecular formula is C24H21N2+. The summed E-state index contributed by atoms with van der Waals surface area (Å²) in [5.74, 6) is 6.80. The zero-order valence-corrected chi connectivity index (χ0v) is 15.3. The van der Waals surface area contributed by atoms with Gasteiger partial charge in [0, 0.05) is 37.5 Å². The van der Waals surface area contributed by atoms with Crippen molar-refractivity contribution < 1.29 is 4.57 Å². The van der Waals surface area contributed by atoms with Crippen molar-refractivity contribution in [2.75, 3.05) is 19.0 Å². The molecule has 0 atom stereocenters. The van der Waals surface area contributed by atoms with Gasteiger partial charge in [0.15, 0.2) is 0 Å². The first kappa shape index (κ1) is 16.2. The topological polar surface area (TPSA) is 7.12 Å². The predicted molar refractivity (Wildman–Crippen MR) is 109 cm³/mol. The van der Waals surface area contributed by atoms with Crippen molar-refractivity contribution in [3.05, 3.63) is 83.9 Å². The largest absolute Gasteiger partial charge is 0.378 e. The van der Waals surface area contributed by atoms with Gasteiger partial charge >= 0.3 is 0 Å². The van der Waals surface area contributed by atoms with Gasteiger partial charge in [0.2, 0.25) is 11.0 Å². The molecular weight excluding hydrogens is 316 g/mol. The van der Waals surface area contributed by atoms with Gasteiger partial charge in [-0.15, -0.1) is 0 Å². The first-order chi connectivity index (χ1) is 12.6. The fourth-order valence-corrected chi connectivity index (χ4v) is 3.34. The fourth-order valence-electron chi connectivity index (χ4n) is 3.34. The van der Waals surface area contributed by atoms with Crippen LogP contribution in [0.4, 0.5) is 5.69 Å². The molecule has 0 fully saturated rings. The third kappa shape index (κ3) is 2.78. The molecule has 0 spiro atoms. The lowest BCUT2D eigenvalue weighted by atomic mass is 10.0. The van der Waals surface area contributed by atoms with Crippen molar-refractivity contribution in [2.24, 2.45) is 7.05 Å². The van der Waals surface area contributed by atoms with Crippen LogP contribution in [0.3, 0.4) is 0 Å². The molecule has 0 unspecified atom stereocenters. The van der Waals surface area contributed by atoms with Gasteiger partial charge in [-0.05, 0) is 36.4 Å². The van der Waals surface area contributed by atoms with Crippen molar-refractivity contribution >= 4 is 27.5 Å². The average Bonchev–Trinajstić information content (AvgIpc) is 2.68. The Hall–Kier alpha value is -3.31. The van der Waals surface area contributed by atoms with Gasteiger partial charge in [0.05, 0.1) is 16.3 Å². The van der Waals surface area contributed by atoms with Crippen LogP contribution < -0.4 is 9.47 Å². The van der Waals surface area contributed by atoms with Crippen LogP contribution in [0, 0.1) is 11.8 Å². The van der Waals surface area contributed by atoms with E-state index in [0.717, 1.165) is 11.1 Å². The van der Waals surface area contributed by atoms with Crippen LogP contribution in [-0.2, 0) is 7.05 Å². The molecule has 2 nitrogen and oxygen atoms in total. The van der Waals surface area contributed by atoms with Crippen LogP contribution in [0.2, 0.25) is 0 Å². The Labute approximate surface area is 154 Å². The number of pyridine rings is 1. The molecule has 4 rings (SSSR count). The van der Waals surface area contributed by atoms with Crippen molar-refractivity contribution in [2.45, 2.75) is 0 Å². The van der Waals surface area contributed by atoms with E-state index in [2.05, 4.69) is 101 Å². The van der Waals surface area contributed by atoms with Crippen molar-refractivity contribution in [1.29, 1.82) is 0 Å². The van der Waals surface area contributed by atoms with E-state index in [4.69, 9.17) is 0 Å². The first-order valence-electron chi connectivity index (χ1n) is 8.74. The van der Waals surface area contributed by atoms with E-state index in [1.807, 2.05) is 14.1 Å². The van der Waals surface area contributed by atoms with E-state index in [0.29, 0.717) is 0 Å². The summed E-state index contributed by atoms with van der Waals surface area (Å²) in [6.45, 7) is 0. The number of rotatable bonds is 1. The molecule has 0 aliphatic carbocycles. The van der Waals surface area contributed by atoms with Crippen LogP contribution in [0.1, 0.15) is 11.1 Å². The SMILES string of the molecule is CN(C)c1ccc(C#Cc2c3ccccc3[n+](C)c3ccccc23)cc1. The second kappa shape index (κ2) is 6.54. The Morgan fingerprint density at radius 2 is 1.23 bits per heavy atom. The second-order valence-corrected chi connectivity index (χ2v) is 6.66. The van der Waals surface area contributed by atoms with Crippen LogP contribution >= 0.6 is 0 Å². The quantitative estimate of drug-likeness (QED) is 0.286. The number of hydrogen-bond acceptors (Lipinski definition) is 1. The summed E-state index contributed by atoms with van der Waals surface area (Å²) in [4.78, 5) is 2.09. The third-order valence-electron chi connectivity index (χ3n) is 4.79. The highest BCUT2D eigenvalue weighted by atomic mass is 15.1. The molecule has 126 valence electrons. The third-order valence-corrected chi connectivity index (χ3v) is 4.79. The number of anilines is 1. The highest BCUT2D eigenvalue weighted by Crippen LogP contribution is 2.23. The molecule has 0 saturated heterocycles. The standard InChI is InChI=1S/C24H21N2/c1-25(2)19-15-12-18(13-16-19)14-17-20-21-8-4-6-10-23(21)26(3)24-11-7-5-9-22(20)24/h4-13,15-16H,1-3H3/q+1. The first-order valence-corrected chi connectivity index (χ1v) is 8.74. The summed E-state index contributed by atoms with van der Waals surface area (Å²) >= 11 is 0. The normalized spacial score (nSPS) is 10.6. The maximum Gasteiger partial charge on any atom is 0.214 e. The van der Waals surface area contributed by atoms with Gasteiger partial charge in [-0.25, -0.2) is 0 Å². The number of benzene rings is 3. The second-order valence-electron chi connectivity index (χ2n) is 6.66. The van der Waals surface area contributed by atoms with Gasteiger partial charge in [-0.1, -0.05) is 36.1 Å². The minimum absolute atomic E-state index is 1.02. The monoisotopic (exact) mass is 337 g/mol. The smallest absolute Gasteiger partial charge is 0.214 e. The Balaban J connectivity index is 1.92. The molecule has 0 saturated carbocycles. The van der Waals surface area contributed by atoms with Crippen molar-refractivity contribution in [3.8, 4) is 11.8 Å². The van der Waals surface area contributed by atoms with Crippen LogP contribution in [0.15, 0.2) is 72.8 Å². The van der Waals surface area contributed by atoms with E-state index in [1.54, 1.807) is 0 Å². The van der Waals surface area contributed by atoms with Gasteiger partial charge in [-0.3, -0.25) is 0 Å². The maximum atomic E-state index is 3.45. The van der Waals surface area contributed by atoms with Gasteiger partial charge < -0.3 is 4.90 Å². The summed E-state index contributed by atoms with van der Waals surface area (Å²) < 4.78 is 2.24. The number of aryl methyl sites for hydroxylation is 1. The van der Waals surface area contributed by atoms with E-state index in [-0.39, 0.29) is 0 Å². The lowest BCUT2D eigenvalue weighted by molar-refractivity contribution is -0.617. The fraction of sp³-hybridized carbons (Fsp3) is 0.125. The molecule has 1 aromatic heterocycles. The molecule has 1 heterocycles. The Kier molecular flexibility index (Phi) is 4.07. The van der Waals surface area contributed by atoms with Gasteiger partial charge in [0.25, 0.3) is 0 Å². The van der Waals surface area contributed by atoms with Crippen LogP contribution in [0.25, 0.3) is 21.8 Å². The van der Waals surface area contributed by atoms with E-state index < -0.39 is 0 Å². The predicted octanol–water partition coefficient (Wildman–Crippen LogP) is 4.28. The zero-order chi connectivity index (χ0) is 18.1. The summed E-state index contributed by atoms with van der Waals surface area (Å²) in [5, 5.41) is 2.37. The molecule has 3 aromatic carbocycles. The Morgan fingerprint density at radius 3 is 1.77 bits per heavy atom. The summed E-state index contributed by atoms with van der Waals surface area (Å²) in [7, 11) is 6.20. The van der Waals surface area contributed by atoms with E-state index in [1.165, 1.54) is 27.5 Å². The van der Waals surface area contributed by atoms with Crippen molar-refractivity contribution in [1.82, 2.24) is 0 Å². The molecule has 0 aliphatic heterocycles. The van der Waals surface area contributed by atoms with Gasteiger partial charge in [0.1, 0.15) is 7.05 Å². The van der Waals surface area contributed by atoms with E-state index in [9.17, 15) is 0 Å². The molecule has 26 heavy (non-hydrogen) atoms. The number of para-hydroxylation sites is 2. The maximum absolute atomic E-state index is 3.45. The summed E-state index contributed by atoms with van der Waals surface area (Å²) in [6.07, 6.45) is 0. The molecule has 0 aliphatic rings. The molecule has 0 bridgehead atoms. The number of hydrogen-bond donors (Lipinski definition) is 0. The Bertz CT molecular complexity index is 1100. The Morgan fingerprint density at radius 1 is 0.692 bits per heavy atom.